The van der Waals surface area contributed by atoms with Crippen molar-refractivity contribution < 1.29 is 18.0 Å². The van der Waals surface area contributed by atoms with E-state index in [9.17, 15) is 22.8 Å². The van der Waals surface area contributed by atoms with Crippen molar-refractivity contribution in [1.29, 1.82) is 0 Å². The summed E-state index contributed by atoms with van der Waals surface area (Å²) in [4.78, 5) is 40.8. The van der Waals surface area contributed by atoms with E-state index in [1.54, 1.807) is 31.6 Å². The molecule has 0 atom stereocenters. The van der Waals surface area contributed by atoms with Crippen molar-refractivity contribution in [2.45, 2.75) is 25.8 Å². The van der Waals surface area contributed by atoms with Gasteiger partial charge in [0, 0.05) is 50.9 Å². The number of imide groups is 1. The third-order valence-electron chi connectivity index (χ3n) is 4.57. The summed E-state index contributed by atoms with van der Waals surface area (Å²) >= 11 is 0. The highest BCUT2D eigenvalue weighted by Crippen LogP contribution is 2.13. The molecule has 156 valence electrons. The number of piperidine rings is 1. The molecule has 2 aromatic heterocycles. The van der Waals surface area contributed by atoms with E-state index in [-0.39, 0.29) is 55.7 Å². The number of carbonyl (C=O) groups is 2. The second-order valence-corrected chi connectivity index (χ2v) is 8.56. The molecule has 2 amide bonds. The standard InChI is InChI=1S/C17H22N6O5S/c1-21-16(13-4-3-7-18-12-13)20-23(17(21)26)9-8-19-29(27,28)11-10-22-14(24)5-2-6-15(22)25/h3-4,7,12,19H,2,5-6,8-11H2,1H3. The van der Waals surface area contributed by atoms with Crippen molar-refractivity contribution in [3.8, 4) is 11.4 Å². The molecule has 0 spiro atoms. The Labute approximate surface area is 167 Å². The average molecular weight is 422 g/mol. The van der Waals surface area contributed by atoms with Crippen LogP contribution in [0, 0.1) is 0 Å². The van der Waals surface area contributed by atoms with Crippen LogP contribution in [0.3, 0.4) is 0 Å². The first-order chi connectivity index (χ1) is 13.8. The zero-order valence-corrected chi connectivity index (χ0v) is 16.8. The molecule has 1 aliphatic rings. The maximum Gasteiger partial charge on any atom is 0.345 e. The predicted octanol–water partition coefficient (Wildman–Crippen LogP) is -0.898. The number of hydrogen-bond donors (Lipinski definition) is 1. The van der Waals surface area contributed by atoms with Crippen molar-refractivity contribution in [1.82, 2.24) is 29.0 Å². The number of sulfonamides is 1. The summed E-state index contributed by atoms with van der Waals surface area (Å²) in [7, 11) is -2.15. The van der Waals surface area contributed by atoms with Crippen LogP contribution in [0.25, 0.3) is 11.4 Å². The van der Waals surface area contributed by atoms with Gasteiger partial charge in [-0.05, 0) is 18.6 Å². The molecule has 0 aliphatic carbocycles. The molecule has 1 saturated heterocycles. The maximum atomic E-state index is 12.3. The summed E-state index contributed by atoms with van der Waals surface area (Å²) in [5, 5.41) is 4.23. The van der Waals surface area contributed by atoms with Gasteiger partial charge in [0.2, 0.25) is 21.8 Å². The van der Waals surface area contributed by atoms with Gasteiger partial charge in [-0.2, -0.15) is 0 Å². The Balaban J connectivity index is 1.57. The maximum absolute atomic E-state index is 12.3. The van der Waals surface area contributed by atoms with Crippen molar-refractivity contribution >= 4 is 21.8 Å². The molecule has 29 heavy (non-hydrogen) atoms. The molecule has 0 radical (unpaired) electrons. The molecular weight excluding hydrogens is 400 g/mol. The first kappa shape index (κ1) is 20.9. The van der Waals surface area contributed by atoms with Crippen LogP contribution in [0.2, 0.25) is 0 Å². The van der Waals surface area contributed by atoms with Gasteiger partial charge >= 0.3 is 5.69 Å². The fraction of sp³-hybridized carbons (Fsp3) is 0.471. The number of rotatable bonds is 8. The zero-order chi connectivity index (χ0) is 21.0. The zero-order valence-electron chi connectivity index (χ0n) is 15.9. The largest absolute Gasteiger partial charge is 0.345 e. The lowest BCUT2D eigenvalue weighted by Crippen LogP contribution is -2.44. The minimum atomic E-state index is -3.72. The summed E-state index contributed by atoms with van der Waals surface area (Å²) in [5.41, 5.74) is 0.287. The van der Waals surface area contributed by atoms with Gasteiger partial charge in [-0.1, -0.05) is 0 Å². The van der Waals surface area contributed by atoms with Gasteiger partial charge in [-0.25, -0.2) is 22.6 Å². The van der Waals surface area contributed by atoms with Crippen LogP contribution in [0.4, 0.5) is 0 Å². The smallest absolute Gasteiger partial charge is 0.282 e. The highest BCUT2D eigenvalue weighted by molar-refractivity contribution is 7.89. The van der Waals surface area contributed by atoms with Crippen molar-refractivity contribution in [3.05, 3.63) is 35.0 Å². The van der Waals surface area contributed by atoms with E-state index in [1.807, 2.05) is 0 Å². The fourth-order valence-corrected chi connectivity index (χ4v) is 3.99. The summed E-state index contributed by atoms with van der Waals surface area (Å²) < 4.78 is 29.3. The molecule has 11 nitrogen and oxygen atoms in total. The van der Waals surface area contributed by atoms with Gasteiger partial charge in [0.15, 0.2) is 5.82 Å². The minimum absolute atomic E-state index is 0.0355. The van der Waals surface area contributed by atoms with E-state index >= 15 is 0 Å². The van der Waals surface area contributed by atoms with Crippen LogP contribution < -0.4 is 10.4 Å². The van der Waals surface area contributed by atoms with E-state index < -0.39 is 10.0 Å². The highest BCUT2D eigenvalue weighted by atomic mass is 32.2. The average Bonchev–Trinajstić information content (AvgIpc) is 2.97. The van der Waals surface area contributed by atoms with Gasteiger partial charge in [0.05, 0.1) is 12.3 Å². The van der Waals surface area contributed by atoms with E-state index in [1.165, 1.54) is 9.25 Å². The van der Waals surface area contributed by atoms with E-state index in [0.29, 0.717) is 17.8 Å². The van der Waals surface area contributed by atoms with Gasteiger partial charge < -0.3 is 0 Å². The number of nitrogens with one attached hydrogen (secondary N) is 1. The quantitative estimate of drug-likeness (QED) is 0.545. The van der Waals surface area contributed by atoms with Gasteiger partial charge in [-0.15, -0.1) is 5.10 Å². The summed E-state index contributed by atoms with van der Waals surface area (Å²) in [5.74, 6) is -0.658. The Morgan fingerprint density at radius 2 is 1.86 bits per heavy atom. The molecule has 1 aliphatic heterocycles. The Morgan fingerprint density at radius 1 is 1.14 bits per heavy atom. The first-order valence-electron chi connectivity index (χ1n) is 9.13. The van der Waals surface area contributed by atoms with E-state index in [4.69, 9.17) is 0 Å². The fourth-order valence-electron chi connectivity index (χ4n) is 3.02. The number of nitrogens with zero attached hydrogens (tertiary/aromatic N) is 5. The van der Waals surface area contributed by atoms with Gasteiger partial charge in [0.25, 0.3) is 0 Å². The van der Waals surface area contributed by atoms with Crippen LogP contribution in [0.1, 0.15) is 19.3 Å². The topological polar surface area (TPSA) is 136 Å². The van der Waals surface area contributed by atoms with Crippen molar-refractivity contribution in [3.63, 3.8) is 0 Å². The van der Waals surface area contributed by atoms with E-state index in [2.05, 4.69) is 14.8 Å². The molecule has 12 heteroatoms. The number of amides is 2. The number of hydrogen-bond acceptors (Lipinski definition) is 7. The molecule has 1 fully saturated rings. The van der Waals surface area contributed by atoms with Crippen LogP contribution in [0.5, 0.6) is 0 Å². The third-order valence-corrected chi connectivity index (χ3v) is 5.94. The summed E-state index contributed by atoms with van der Waals surface area (Å²) in [6.45, 7) is -0.191. The molecule has 3 heterocycles. The Morgan fingerprint density at radius 3 is 2.52 bits per heavy atom. The monoisotopic (exact) mass is 422 g/mol. The predicted molar refractivity (Wildman–Crippen MR) is 103 cm³/mol. The molecule has 0 aromatic carbocycles. The normalized spacial score (nSPS) is 15.1. The lowest BCUT2D eigenvalue weighted by molar-refractivity contribution is -0.147. The molecule has 1 N–H and O–H groups in total. The molecular formula is C17H22N6O5S. The van der Waals surface area contributed by atoms with Gasteiger partial charge in [-0.3, -0.25) is 24.0 Å². The molecule has 0 saturated carbocycles. The third kappa shape index (κ3) is 4.95. The van der Waals surface area contributed by atoms with E-state index in [0.717, 1.165) is 4.90 Å². The Hall–Kier alpha value is -2.86. The van der Waals surface area contributed by atoms with Crippen LogP contribution >= 0.6 is 0 Å². The molecule has 0 unspecified atom stereocenters. The first-order valence-corrected chi connectivity index (χ1v) is 10.8. The number of carbonyl (C=O) groups excluding carboxylic acids is 2. The molecule has 2 aromatic rings. The SMILES string of the molecule is Cn1c(-c2cccnc2)nn(CCNS(=O)(=O)CCN2C(=O)CCCC2=O)c1=O. The lowest BCUT2D eigenvalue weighted by atomic mass is 10.1. The number of likely N-dealkylation sites (tertiary alicyclic amines) is 1. The number of pyridine rings is 1. The van der Waals surface area contributed by atoms with Crippen LogP contribution in [-0.2, 0) is 33.2 Å². The second kappa shape index (κ2) is 8.66. The van der Waals surface area contributed by atoms with Crippen molar-refractivity contribution in [2.75, 3.05) is 18.8 Å². The summed E-state index contributed by atoms with van der Waals surface area (Å²) in [6.07, 6.45) is 4.19. The molecule has 0 bridgehead atoms. The minimum Gasteiger partial charge on any atom is -0.282 e. The highest BCUT2D eigenvalue weighted by Gasteiger charge is 2.27. The summed E-state index contributed by atoms with van der Waals surface area (Å²) in [6, 6.07) is 3.50. The van der Waals surface area contributed by atoms with Gasteiger partial charge in [0.1, 0.15) is 0 Å². The lowest BCUT2D eigenvalue weighted by Gasteiger charge is -2.24. The van der Waals surface area contributed by atoms with Crippen molar-refractivity contribution in [2.24, 2.45) is 7.05 Å². The van der Waals surface area contributed by atoms with Crippen LogP contribution in [-0.4, -0.2) is 63.3 Å². The second-order valence-electron chi connectivity index (χ2n) is 6.64. The van der Waals surface area contributed by atoms with Crippen LogP contribution in [0.15, 0.2) is 29.3 Å². The Bertz CT molecular complexity index is 1040. The number of aromatic nitrogens is 4. The molecule has 3 rings (SSSR count). The Kier molecular flexibility index (Phi) is 6.23.